The number of aromatic amines is 1. The van der Waals surface area contributed by atoms with Crippen LogP contribution in [-0.4, -0.2) is 36.4 Å². The van der Waals surface area contributed by atoms with Crippen LogP contribution in [0.5, 0.6) is 17.2 Å². The maximum absolute atomic E-state index is 9.54. The van der Waals surface area contributed by atoms with Gasteiger partial charge in [-0.05, 0) is 24.4 Å². The highest BCUT2D eigenvalue weighted by molar-refractivity contribution is 7.71. The van der Waals surface area contributed by atoms with E-state index in [9.17, 15) is 10.2 Å². The first kappa shape index (κ1) is 12.7. The number of anilines is 1. The second kappa shape index (κ2) is 4.86. The maximum Gasteiger partial charge on any atom is 0.262 e. The summed E-state index contributed by atoms with van der Waals surface area (Å²) in [5.74, 6) is 4.15. The third kappa shape index (κ3) is 2.42. The van der Waals surface area contributed by atoms with Gasteiger partial charge in [0.2, 0.25) is 10.5 Å². The molecule has 0 spiro atoms. The van der Waals surface area contributed by atoms with Crippen LogP contribution in [0.1, 0.15) is 5.56 Å². The minimum Gasteiger partial charge on any atom is -0.504 e. The van der Waals surface area contributed by atoms with Gasteiger partial charge in [0, 0.05) is 5.56 Å². The lowest BCUT2D eigenvalue weighted by Gasteiger charge is -2.03. The molecule has 0 fully saturated rings. The van der Waals surface area contributed by atoms with Gasteiger partial charge in [-0.25, -0.2) is 10.5 Å². The molecule has 0 atom stereocenters. The Bertz CT molecular complexity index is 692. The van der Waals surface area contributed by atoms with Gasteiger partial charge in [0.1, 0.15) is 0 Å². The van der Waals surface area contributed by atoms with E-state index in [2.05, 4.69) is 20.7 Å². The van der Waals surface area contributed by atoms with Gasteiger partial charge in [-0.1, -0.05) is 0 Å². The first-order valence-corrected chi connectivity index (χ1v) is 5.37. The maximum atomic E-state index is 9.54. The zero-order valence-corrected chi connectivity index (χ0v) is 10.2. The number of H-pyrrole nitrogens is 1. The molecule has 10 heteroatoms. The zero-order chi connectivity index (χ0) is 14.0. The Labute approximate surface area is 111 Å². The summed E-state index contributed by atoms with van der Waals surface area (Å²) in [6.07, 6.45) is 1.21. The van der Waals surface area contributed by atoms with E-state index in [1.54, 1.807) is 0 Å². The molecule has 0 unspecified atom stereocenters. The number of nitrogen functional groups attached to an aromatic ring is 1. The van der Waals surface area contributed by atoms with Gasteiger partial charge in [0.05, 0.1) is 6.21 Å². The SMILES string of the molecule is Nn1c(NN=Cc2ccc(O)c(O)c2O)n[nH]c1=S. The van der Waals surface area contributed by atoms with Crippen LogP contribution >= 0.6 is 12.2 Å². The number of hydrogen-bond donors (Lipinski definition) is 6. The third-order valence-electron chi connectivity index (χ3n) is 2.23. The molecule has 19 heavy (non-hydrogen) atoms. The minimum atomic E-state index is -0.620. The number of hydrogen-bond acceptors (Lipinski definition) is 8. The molecule has 0 radical (unpaired) electrons. The fraction of sp³-hybridized carbons (Fsp3) is 0. The van der Waals surface area contributed by atoms with E-state index in [-0.39, 0.29) is 16.3 Å². The molecule has 2 aromatic rings. The summed E-state index contributed by atoms with van der Waals surface area (Å²) in [6, 6.07) is 2.59. The first-order chi connectivity index (χ1) is 9.00. The predicted octanol–water partition coefficient (Wildman–Crippen LogP) is 0.217. The van der Waals surface area contributed by atoms with Crippen molar-refractivity contribution in [2.75, 3.05) is 11.3 Å². The van der Waals surface area contributed by atoms with Crippen LogP contribution in [0, 0.1) is 4.77 Å². The van der Waals surface area contributed by atoms with E-state index in [4.69, 9.17) is 23.2 Å². The summed E-state index contributed by atoms with van der Waals surface area (Å²) in [6.45, 7) is 0. The smallest absolute Gasteiger partial charge is 0.262 e. The van der Waals surface area contributed by atoms with Crippen molar-refractivity contribution in [1.29, 1.82) is 0 Å². The van der Waals surface area contributed by atoms with Crippen molar-refractivity contribution in [3.63, 3.8) is 0 Å². The molecular formula is C9H10N6O3S. The summed E-state index contributed by atoms with van der Waals surface area (Å²) in [4.78, 5) is 0. The zero-order valence-electron chi connectivity index (χ0n) is 9.40. The predicted molar refractivity (Wildman–Crippen MR) is 70.2 cm³/mol. The number of nitrogens with one attached hydrogen (secondary N) is 2. The topological polar surface area (TPSA) is 145 Å². The highest BCUT2D eigenvalue weighted by atomic mass is 32.1. The van der Waals surface area contributed by atoms with Gasteiger partial charge >= 0.3 is 0 Å². The molecular weight excluding hydrogens is 272 g/mol. The second-order valence-corrected chi connectivity index (χ2v) is 3.85. The Morgan fingerprint density at radius 1 is 1.37 bits per heavy atom. The van der Waals surface area contributed by atoms with E-state index in [1.807, 2.05) is 0 Å². The normalized spacial score (nSPS) is 10.9. The van der Waals surface area contributed by atoms with Crippen LogP contribution < -0.4 is 11.3 Å². The van der Waals surface area contributed by atoms with Crippen molar-refractivity contribution < 1.29 is 15.3 Å². The Morgan fingerprint density at radius 3 is 2.74 bits per heavy atom. The molecule has 2 rings (SSSR count). The number of rotatable bonds is 3. The number of nitrogens with two attached hydrogens (primary N) is 1. The summed E-state index contributed by atoms with van der Waals surface area (Å²) in [5.41, 5.74) is 2.68. The quantitative estimate of drug-likeness (QED) is 0.155. The summed E-state index contributed by atoms with van der Waals surface area (Å²) in [5, 5.41) is 38.0. The Morgan fingerprint density at radius 2 is 2.11 bits per heavy atom. The van der Waals surface area contributed by atoms with E-state index in [1.165, 1.54) is 18.3 Å². The third-order valence-corrected chi connectivity index (χ3v) is 2.52. The molecule has 0 amide bonds. The molecule has 0 saturated carbocycles. The molecule has 0 aliphatic carbocycles. The van der Waals surface area contributed by atoms with E-state index in [0.29, 0.717) is 0 Å². The largest absolute Gasteiger partial charge is 0.504 e. The van der Waals surface area contributed by atoms with E-state index >= 15 is 0 Å². The molecule has 0 bridgehead atoms. The molecule has 9 nitrogen and oxygen atoms in total. The molecule has 1 aromatic carbocycles. The van der Waals surface area contributed by atoms with Crippen molar-refractivity contribution in [1.82, 2.24) is 14.9 Å². The second-order valence-electron chi connectivity index (χ2n) is 3.46. The lowest BCUT2D eigenvalue weighted by molar-refractivity contribution is 0.367. The lowest BCUT2D eigenvalue weighted by atomic mass is 10.2. The van der Waals surface area contributed by atoms with E-state index in [0.717, 1.165) is 4.68 Å². The number of phenols is 3. The van der Waals surface area contributed by atoms with Crippen molar-refractivity contribution >= 4 is 24.4 Å². The Balaban J connectivity index is 2.18. The molecule has 0 saturated heterocycles. The Hall–Kier alpha value is -2.75. The van der Waals surface area contributed by atoms with Gasteiger partial charge in [-0.3, -0.25) is 0 Å². The van der Waals surface area contributed by atoms with Crippen LogP contribution in [0.3, 0.4) is 0 Å². The average Bonchev–Trinajstić information content (AvgIpc) is 2.71. The number of benzene rings is 1. The summed E-state index contributed by atoms with van der Waals surface area (Å²) in [7, 11) is 0. The van der Waals surface area contributed by atoms with Crippen LogP contribution in [0.15, 0.2) is 17.2 Å². The van der Waals surface area contributed by atoms with Crippen molar-refractivity contribution in [3.8, 4) is 17.2 Å². The van der Waals surface area contributed by atoms with Gasteiger partial charge in [0.15, 0.2) is 11.5 Å². The summed E-state index contributed by atoms with van der Waals surface area (Å²) >= 11 is 4.80. The van der Waals surface area contributed by atoms with Crippen LogP contribution in [0.25, 0.3) is 0 Å². The number of hydrazone groups is 1. The molecule has 0 aliphatic heterocycles. The van der Waals surface area contributed by atoms with Gasteiger partial charge < -0.3 is 21.2 Å². The van der Waals surface area contributed by atoms with Crippen molar-refractivity contribution in [2.24, 2.45) is 5.10 Å². The molecule has 7 N–H and O–H groups in total. The molecule has 0 aliphatic rings. The van der Waals surface area contributed by atoms with Gasteiger partial charge in [-0.15, -0.1) is 5.10 Å². The minimum absolute atomic E-state index is 0.170. The first-order valence-electron chi connectivity index (χ1n) is 4.96. The number of nitrogens with zero attached hydrogens (tertiary/aromatic N) is 3. The number of phenolic OH excluding ortho intramolecular Hbond substituents is 3. The number of aromatic nitrogens is 3. The fourth-order valence-electron chi connectivity index (χ4n) is 1.23. The number of aromatic hydroxyl groups is 3. The highest BCUT2D eigenvalue weighted by Crippen LogP contribution is 2.36. The van der Waals surface area contributed by atoms with Gasteiger partial charge in [0.25, 0.3) is 5.95 Å². The molecule has 100 valence electrons. The van der Waals surface area contributed by atoms with Crippen LogP contribution in [-0.2, 0) is 0 Å². The van der Waals surface area contributed by atoms with Gasteiger partial charge in [-0.2, -0.15) is 9.78 Å². The monoisotopic (exact) mass is 282 g/mol. The van der Waals surface area contributed by atoms with Crippen LogP contribution in [0.2, 0.25) is 0 Å². The van der Waals surface area contributed by atoms with Crippen LogP contribution in [0.4, 0.5) is 5.95 Å². The van der Waals surface area contributed by atoms with Crippen molar-refractivity contribution in [3.05, 3.63) is 22.5 Å². The fourth-order valence-corrected chi connectivity index (χ4v) is 1.36. The highest BCUT2D eigenvalue weighted by Gasteiger charge is 2.09. The Kier molecular flexibility index (Phi) is 3.25. The standard InChI is InChI=1S/C9H10N6O3S/c10-15-8(13-14-9(15)19)12-11-3-4-1-2-5(16)7(18)6(4)17/h1-3,16-18H,10H2,(H,12,13)(H,14,19). The lowest BCUT2D eigenvalue weighted by Crippen LogP contribution is -2.11. The average molecular weight is 282 g/mol. The van der Waals surface area contributed by atoms with Crippen molar-refractivity contribution in [2.45, 2.75) is 0 Å². The molecule has 1 heterocycles. The molecule has 1 aromatic heterocycles. The summed E-state index contributed by atoms with van der Waals surface area (Å²) < 4.78 is 1.28. The van der Waals surface area contributed by atoms with E-state index < -0.39 is 17.2 Å².